The van der Waals surface area contributed by atoms with Crippen LogP contribution in [0.1, 0.15) is 11.1 Å². The molecule has 0 aliphatic rings. The largest absolute Gasteiger partial charge is 0.276 e. The number of nitrogens with zero attached hydrogens (tertiary/aromatic N) is 2. The molecule has 5 heteroatoms. The highest BCUT2D eigenvalue weighted by Gasteiger charge is 2.14. The SMILES string of the molecule is Cc1c(C#N)c(=O)n(-c2ccc([NH+]=O)cc2)c2ccccc12. The summed E-state index contributed by atoms with van der Waals surface area (Å²) < 4.78 is 1.50. The lowest BCUT2D eigenvalue weighted by molar-refractivity contribution is -0.379. The molecule has 0 amide bonds. The molecule has 1 heterocycles. The highest BCUT2D eigenvalue weighted by atomic mass is 16.3. The Labute approximate surface area is 126 Å². The maximum Gasteiger partial charge on any atom is 0.273 e. The van der Waals surface area contributed by atoms with Crippen molar-refractivity contribution >= 4 is 16.6 Å². The molecule has 0 aliphatic heterocycles. The van der Waals surface area contributed by atoms with Gasteiger partial charge in [0, 0.05) is 33.3 Å². The minimum absolute atomic E-state index is 0.129. The summed E-state index contributed by atoms with van der Waals surface area (Å²) in [5.74, 6) is 0. The monoisotopic (exact) mass is 290 g/mol. The number of hydrogen-bond donors (Lipinski definition) is 1. The van der Waals surface area contributed by atoms with E-state index in [2.05, 4.69) is 0 Å². The van der Waals surface area contributed by atoms with Crippen LogP contribution in [0.15, 0.2) is 53.3 Å². The number of aryl methyl sites for hydroxylation is 1. The standard InChI is InChI=1S/C17H11N3O2/c1-11-14-4-2-3-5-16(14)20(17(21)15(11)10-18)13-8-6-12(19-22)7-9-13/h2-9H,1H3/p+1. The number of benzene rings is 2. The van der Waals surface area contributed by atoms with Crippen LogP contribution < -0.4 is 10.7 Å². The molecule has 2 aromatic carbocycles. The van der Waals surface area contributed by atoms with Crippen LogP contribution in [0.2, 0.25) is 0 Å². The molecule has 0 saturated heterocycles. The van der Waals surface area contributed by atoms with Gasteiger partial charge in [-0.25, -0.2) is 0 Å². The summed E-state index contributed by atoms with van der Waals surface area (Å²) in [6.45, 7) is 1.77. The lowest BCUT2D eigenvalue weighted by atomic mass is 10.0. The normalized spacial score (nSPS) is 10.4. The molecule has 22 heavy (non-hydrogen) atoms. The van der Waals surface area contributed by atoms with Gasteiger partial charge < -0.3 is 0 Å². The topological polar surface area (TPSA) is 76.8 Å². The Morgan fingerprint density at radius 3 is 2.41 bits per heavy atom. The third kappa shape index (κ3) is 1.98. The van der Waals surface area contributed by atoms with E-state index < -0.39 is 0 Å². The zero-order chi connectivity index (χ0) is 15.7. The highest BCUT2D eigenvalue weighted by molar-refractivity contribution is 5.85. The number of rotatable bonds is 2. The average molecular weight is 290 g/mol. The third-order valence-corrected chi connectivity index (χ3v) is 3.70. The van der Waals surface area contributed by atoms with Gasteiger partial charge in [0.15, 0.2) is 0 Å². The molecule has 0 radical (unpaired) electrons. The van der Waals surface area contributed by atoms with E-state index in [1.165, 1.54) is 4.57 Å². The minimum Gasteiger partial charge on any atom is -0.276 e. The van der Waals surface area contributed by atoms with E-state index in [1.54, 1.807) is 36.4 Å². The van der Waals surface area contributed by atoms with Gasteiger partial charge in [-0.15, -0.1) is 0 Å². The maximum absolute atomic E-state index is 12.7. The van der Waals surface area contributed by atoms with Crippen molar-refractivity contribution in [3.8, 4) is 11.8 Å². The molecular formula is C17H12N3O2+. The van der Waals surface area contributed by atoms with Crippen molar-refractivity contribution in [1.82, 2.24) is 4.57 Å². The van der Waals surface area contributed by atoms with Gasteiger partial charge in [-0.2, -0.15) is 5.26 Å². The molecule has 0 atom stereocenters. The minimum atomic E-state index is -0.360. The van der Waals surface area contributed by atoms with Gasteiger partial charge in [-0.3, -0.25) is 9.36 Å². The summed E-state index contributed by atoms with van der Waals surface area (Å²) in [4.78, 5) is 23.3. The first kappa shape index (κ1) is 13.7. The fourth-order valence-corrected chi connectivity index (χ4v) is 2.57. The summed E-state index contributed by atoms with van der Waals surface area (Å²) in [5.41, 5.74) is 2.20. The van der Waals surface area contributed by atoms with Gasteiger partial charge in [-0.1, -0.05) is 18.2 Å². The average Bonchev–Trinajstić information content (AvgIpc) is 2.56. The first-order chi connectivity index (χ1) is 10.7. The van der Waals surface area contributed by atoms with Crippen LogP contribution in [-0.4, -0.2) is 4.57 Å². The summed E-state index contributed by atoms with van der Waals surface area (Å²) in [6.07, 6.45) is 0. The lowest BCUT2D eigenvalue weighted by Gasteiger charge is -2.13. The van der Waals surface area contributed by atoms with Crippen molar-refractivity contribution in [2.24, 2.45) is 0 Å². The number of para-hydroxylation sites is 1. The van der Waals surface area contributed by atoms with Gasteiger partial charge in [0.2, 0.25) is 0 Å². The van der Waals surface area contributed by atoms with Crippen LogP contribution in [-0.2, 0) is 0 Å². The second-order valence-electron chi connectivity index (χ2n) is 4.92. The smallest absolute Gasteiger partial charge is 0.273 e. The van der Waals surface area contributed by atoms with Gasteiger partial charge >= 0.3 is 0 Å². The molecule has 0 saturated carbocycles. The summed E-state index contributed by atoms with van der Waals surface area (Å²) in [6, 6.07) is 16.0. The molecular weight excluding hydrogens is 278 g/mol. The molecule has 0 fully saturated rings. The van der Waals surface area contributed by atoms with Crippen LogP contribution in [0, 0.1) is 23.2 Å². The summed E-state index contributed by atoms with van der Waals surface area (Å²) in [5, 5.41) is 11.9. The van der Waals surface area contributed by atoms with Gasteiger partial charge in [0.25, 0.3) is 11.2 Å². The Bertz CT molecular complexity index is 980. The number of aromatic nitrogens is 1. The van der Waals surface area contributed by atoms with Gasteiger partial charge in [0.05, 0.1) is 5.52 Å². The maximum atomic E-state index is 12.7. The Balaban J connectivity index is 2.44. The number of nitroso groups, excluding NO2 is 1. The molecule has 0 unspecified atom stereocenters. The van der Waals surface area contributed by atoms with E-state index in [4.69, 9.17) is 0 Å². The molecule has 5 nitrogen and oxygen atoms in total. The van der Waals surface area contributed by atoms with Crippen molar-refractivity contribution in [3.05, 3.63) is 74.9 Å². The third-order valence-electron chi connectivity index (χ3n) is 3.70. The molecule has 3 aromatic rings. The van der Waals surface area contributed by atoms with Gasteiger partial charge in [0.1, 0.15) is 11.6 Å². The number of nitriles is 1. The molecule has 0 spiro atoms. The summed E-state index contributed by atoms with van der Waals surface area (Å²) >= 11 is 0. The zero-order valence-corrected chi connectivity index (χ0v) is 11.8. The van der Waals surface area contributed by atoms with E-state index in [9.17, 15) is 15.0 Å². The second kappa shape index (κ2) is 5.26. The molecule has 106 valence electrons. The van der Waals surface area contributed by atoms with Crippen LogP contribution >= 0.6 is 0 Å². The van der Waals surface area contributed by atoms with Crippen molar-refractivity contribution in [2.75, 3.05) is 0 Å². The van der Waals surface area contributed by atoms with Crippen molar-refractivity contribution in [3.63, 3.8) is 0 Å². The molecule has 0 aliphatic carbocycles. The van der Waals surface area contributed by atoms with E-state index in [0.717, 1.165) is 10.9 Å². The van der Waals surface area contributed by atoms with Crippen molar-refractivity contribution in [1.29, 1.82) is 5.26 Å². The second-order valence-corrected chi connectivity index (χ2v) is 4.92. The molecule has 3 rings (SSSR count). The Kier molecular flexibility index (Phi) is 3.28. The fraction of sp³-hybridized carbons (Fsp3) is 0.0588. The number of pyridine rings is 1. The van der Waals surface area contributed by atoms with Crippen LogP contribution in [0.3, 0.4) is 0 Å². The van der Waals surface area contributed by atoms with E-state index in [0.29, 0.717) is 16.9 Å². The zero-order valence-electron chi connectivity index (χ0n) is 11.8. The van der Waals surface area contributed by atoms with Crippen LogP contribution in [0.25, 0.3) is 16.6 Å². The van der Waals surface area contributed by atoms with Crippen molar-refractivity contribution < 1.29 is 5.18 Å². The van der Waals surface area contributed by atoms with Crippen molar-refractivity contribution in [2.45, 2.75) is 6.92 Å². The number of fused-ring (bicyclic) bond motifs is 1. The van der Waals surface area contributed by atoms with Crippen LogP contribution in [0.5, 0.6) is 0 Å². The molecule has 1 N–H and O–H groups in total. The fourth-order valence-electron chi connectivity index (χ4n) is 2.57. The lowest BCUT2D eigenvalue weighted by Crippen LogP contribution is -2.55. The predicted molar refractivity (Wildman–Crippen MR) is 83.0 cm³/mol. The van der Waals surface area contributed by atoms with E-state index >= 15 is 0 Å². The summed E-state index contributed by atoms with van der Waals surface area (Å²) in [7, 11) is 0. The molecule has 1 aromatic heterocycles. The van der Waals surface area contributed by atoms with Crippen LogP contribution in [0.4, 0.5) is 5.69 Å². The molecule has 0 bridgehead atoms. The van der Waals surface area contributed by atoms with E-state index in [1.807, 2.05) is 30.3 Å². The number of nitrogens with one attached hydrogen (secondary N) is 1. The highest BCUT2D eigenvalue weighted by Crippen LogP contribution is 2.22. The van der Waals surface area contributed by atoms with E-state index in [-0.39, 0.29) is 11.1 Å². The van der Waals surface area contributed by atoms with Gasteiger partial charge in [-0.05, 0) is 30.7 Å². The Morgan fingerprint density at radius 1 is 1.09 bits per heavy atom. The Hall–Kier alpha value is -3.26. The predicted octanol–water partition coefficient (Wildman–Crippen LogP) is 1.65. The number of hydrogen-bond acceptors (Lipinski definition) is 3. The first-order valence-corrected chi connectivity index (χ1v) is 6.70. The quantitative estimate of drug-likeness (QED) is 0.779. The first-order valence-electron chi connectivity index (χ1n) is 6.70. The Morgan fingerprint density at radius 2 is 1.77 bits per heavy atom.